The van der Waals surface area contributed by atoms with Gasteiger partial charge < -0.3 is 10.2 Å². The van der Waals surface area contributed by atoms with Crippen LogP contribution in [-0.2, 0) is 0 Å². The van der Waals surface area contributed by atoms with E-state index in [4.69, 9.17) is 10.2 Å². The molecule has 0 saturated carbocycles. The van der Waals surface area contributed by atoms with Gasteiger partial charge in [-0.25, -0.2) is 0 Å². The van der Waals surface area contributed by atoms with Gasteiger partial charge in [-0.05, 0) is 0 Å². The van der Waals surface area contributed by atoms with Crippen LogP contribution in [-0.4, -0.2) is 34.2 Å². The van der Waals surface area contributed by atoms with E-state index >= 15 is 0 Å². The summed E-state index contributed by atoms with van der Waals surface area (Å²) in [6, 6.07) is -0.111. The predicted molar refractivity (Wildman–Crippen MR) is 32.5 cm³/mol. The van der Waals surface area contributed by atoms with Gasteiger partial charge >= 0.3 is 0 Å². The second kappa shape index (κ2) is 2.68. The van der Waals surface area contributed by atoms with Crippen molar-refractivity contribution in [2.45, 2.75) is 12.3 Å². The van der Waals surface area contributed by atoms with E-state index in [1.807, 2.05) is 0 Å². The van der Waals surface area contributed by atoms with Crippen molar-refractivity contribution in [1.82, 2.24) is 5.32 Å². The zero-order valence-electron chi connectivity index (χ0n) is 4.37. The molecule has 1 atom stereocenters. The summed E-state index contributed by atoms with van der Waals surface area (Å²) in [6.07, 6.45) is -1.19. The largest absolute Gasteiger partial charge is 0.367 e. The van der Waals surface area contributed by atoms with Crippen molar-refractivity contribution < 1.29 is 10.2 Å². The van der Waals surface area contributed by atoms with Crippen molar-refractivity contribution in [1.29, 1.82) is 0 Å². The summed E-state index contributed by atoms with van der Waals surface area (Å²) in [7, 11) is 0. The maximum atomic E-state index is 8.53. The number of aliphatic hydroxyl groups is 2. The fraction of sp³-hybridized carbons (Fsp3) is 1.00. The molecule has 0 spiro atoms. The van der Waals surface area contributed by atoms with Crippen LogP contribution < -0.4 is 5.32 Å². The first-order chi connectivity index (χ1) is 3.80. The third kappa shape index (κ3) is 1.35. The standard InChI is InChI=1S/C4H9NO2S/c6-4(7)3-1-8-2-5-3/h3-7H,1-2H2. The van der Waals surface area contributed by atoms with Crippen molar-refractivity contribution in [2.75, 3.05) is 11.6 Å². The maximum Gasteiger partial charge on any atom is 0.167 e. The van der Waals surface area contributed by atoms with Gasteiger partial charge in [0.15, 0.2) is 6.29 Å². The van der Waals surface area contributed by atoms with Crippen LogP contribution in [0.25, 0.3) is 0 Å². The summed E-state index contributed by atoms with van der Waals surface area (Å²) in [5.41, 5.74) is 0. The highest BCUT2D eigenvalue weighted by molar-refractivity contribution is 7.99. The Bertz CT molecular complexity index is 72.4. The molecule has 1 heterocycles. The molecule has 3 N–H and O–H groups in total. The molecule has 48 valence electrons. The zero-order chi connectivity index (χ0) is 5.98. The van der Waals surface area contributed by atoms with Crippen LogP contribution in [0.3, 0.4) is 0 Å². The monoisotopic (exact) mass is 135 g/mol. The first-order valence-electron chi connectivity index (χ1n) is 2.48. The van der Waals surface area contributed by atoms with Gasteiger partial charge in [0.25, 0.3) is 0 Å². The molecule has 0 aromatic rings. The molecule has 1 aliphatic heterocycles. The molecule has 1 aliphatic rings. The zero-order valence-corrected chi connectivity index (χ0v) is 5.19. The molecule has 4 heteroatoms. The highest BCUT2D eigenvalue weighted by atomic mass is 32.2. The Kier molecular flexibility index (Phi) is 2.13. The summed E-state index contributed by atoms with van der Waals surface area (Å²) < 4.78 is 0. The van der Waals surface area contributed by atoms with Crippen LogP contribution in [0.15, 0.2) is 0 Å². The Morgan fingerprint density at radius 1 is 1.62 bits per heavy atom. The van der Waals surface area contributed by atoms with Gasteiger partial charge in [-0.1, -0.05) is 0 Å². The van der Waals surface area contributed by atoms with E-state index in [0.29, 0.717) is 0 Å². The summed E-state index contributed by atoms with van der Waals surface area (Å²) in [5.74, 6) is 1.64. The second-order valence-corrected chi connectivity index (χ2v) is 2.77. The molecular weight excluding hydrogens is 126 g/mol. The lowest BCUT2D eigenvalue weighted by Gasteiger charge is -2.09. The van der Waals surface area contributed by atoms with Gasteiger partial charge in [-0.3, -0.25) is 5.32 Å². The third-order valence-corrected chi connectivity index (χ3v) is 2.07. The van der Waals surface area contributed by atoms with Crippen LogP contribution in [0, 0.1) is 0 Å². The van der Waals surface area contributed by atoms with Crippen molar-refractivity contribution in [3.63, 3.8) is 0 Å². The number of rotatable bonds is 1. The van der Waals surface area contributed by atoms with E-state index < -0.39 is 6.29 Å². The Hall–Kier alpha value is 0.230. The summed E-state index contributed by atoms with van der Waals surface area (Å²) in [4.78, 5) is 0. The molecule has 1 fully saturated rings. The number of nitrogens with one attached hydrogen (secondary N) is 1. The quantitative estimate of drug-likeness (QED) is 0.402. The Morgan fingerprint density at radius 2 is 2.38 bits per heavy atom. The van der Waals surface area contributed by atoms with E-state index in [2.05, 4.69) is 5.32 Å². The van der Waals surface area contributed by atoms with E-state index in [1.54, 1.807) is 11.8 Å². The lowest BCUT2D eigenvalue weighted by molar-refractivity contribution is -0.0586. The molecule has 0 aromatic heterocycles. The molecule has 8 heavy (non-hydrogen) atoms. The minimum absolute atomic E-state index is 0.111. The topological polar surface area (TPSA) is 52.5 Å². The summed E-state index contributed by atoms with van der Waals surface area (Å²) in [5, 5.41) is 20.0. The molecule has 0 aliphatic carbocycles. The van der Waals surface area contributed by atoms with Gasteiger partial charge in [-0.2, -0.15) is 0 Å². The normalized spacial score (nSPS) is 29.6. The minimum atomic E-state index is -1.19. The summed E-state index contributed by atoms with van der Waals surface area (Å²) in [6.45, 7) is 0. The third-order valence-electron chi connectivity index (χ3n) is 1.10. The molecule has 0 bridgehead atoms. The molecule has 1 saturated heterocycles. The predicted octanol–water partition coefficient (Wildman–Crippen LogP) is -1.04. The van der Waals surface area contributed by atoms with Crippen LogP contribution in [0.4, 0.5) is 0 Å². The minimum Gasteiger partial charge on any atom is -0.367 e. The fourth-order valence-electron chi connectivity index (χ4n) is 0.602. The van der Waals surface area contributed by atoms with E-state index in [9.17, 15) is 0 Å². The van der Waals surface area contributed by atoms with Crippen LogP contribution in [0.5, 0.6) is 0 Å². The van der Waals surface area contributed by atoms with Crippen molar-refractivity contribution >= 4 is 11.8 Å². The van der Waals surface area contributed by atoms with Gasteiger partial charge in [0.05, 0.1) is 6.04 Å². The van der Waals surface area contributed by atoms with E-state index in [0.717, 1.165) is 11.6 Å². The lowest BCUT2D eigenvalue weighted by atomic mass is 10.3. The van der Waals surface area contributed by atoms with Crippen LogP contribution in [0.2, 0.25) is 0 Å². The van der Waals surface area contributed by atoms with Crippen molar-refractivity contribution in [2.24, 2.45) is 0 Å². The van der Waals surface area contributed by atoms with E-state index in [-0.39, 0.29) is 6.04 Å². The SMILES string of the molecule is OC(O)C1CSCN1. The number of aliphatic hydroxyl groups excluding tert-OH is 1. The number of hydrogen-bond donors (Lipinski definition) is 3. The fourth-order valence-corrected chi connectivity index (χ4v) is 1.60. The molecule has 0 aromatic carbocycles. The average Bonchev–Trinajstić information content (AvgIpc) is 2.12. The van der Waals surface area contributed by atoms with Gasteiger partial charge in [0.2, 0.25) is 0 Å². The van der Waals surface area contributed by atoms with Gasteiger partial charge in [0.1, 0.15) is 0 Å². The van der Waals surface area contributed by atoms with Crippen LogP contribution >= 0.6 is 11.8 Å². The lowest BCUT2D eigenvalue weighted by Crippen LogP contribution is -2.36. The Balaban J connectivity index is 2.24. The average molecular weight is 135 g/mol. The van der Waals surface area contributed by atoms with Gasteiger partial charge in [-0.15, -0.1) is 11.8 Å². The molecule has 3 nitrogen and oxygen atoms in total. The number of thioether (sulfide) groups is 1. The van der Waals surface area contributed by atoms with E-state index in [1.165, 1.54) is 0 Å². The number of hydrogen-bond acceptors (Lipinski definition) is 4. The first kappa shape index (κ1) is 6.35. The molecule has 1 unspecified atom stereocenters. The first-order valence-corrected chi connectivity index (χ1v) is 3.63. The van der Waals surface area contributed by atoms with Crippen molar-refractivity contribution in [3.05, 3.63) is 0 Å². The molecule has 1 rings (SSSR count). The second-order valence-electron chi connectivity index (χ2n) is 1.74. The van der Waals surface area contributed by atoms with Crippen molar-refractivity contribution in [3.8, 4) is 0 Å². The molecule has 0 radical (unpaired) electrons. The smallest absolute Gasteiger partial charge is 0.167 e. The maximum absolute atomic E-state index is 8.53. The molecular formula is C4H9NO2S. The van der Waals surface area contributed by atoms with Gasteiger partial charge in [0, 0.05) is 11.6 Å². The Labute approximate surface area is 52.1 Å². The molecule has 0 amide bonds. The highest BCUT2D eigenvalue weighted by Gasteiger charge is 2.19. The highest BCUT2D eigenvalue weighted by Crippen LogP contribution is 2.10. The summed E-state index contributed by atoms with van der Waals surface area (Å²) >= 11 is 1.68. The Morgan fingerprint density at radius 3 is 2.62 bits per heavy atom. The van der Waals surface area contributed by atoms with Crippen LogP contribution in [0.1, 0.15) is 0 Å².